The minimum Gasteiger partial charge on any atom is -0.0622 e. The Morgan fingerprint density at radius 2 is 0.832 bits per heavy atom. The molecule has 0 saturated carbocycles. The molecule has 4 aliphatic rings. The van der Waals surface area contributed by atoms with E-state index in [1.807, 2.05) is 30.3 Å². The normalized spacial score (nSPS) is 15.9. The molecule has 101 heavy (non-hydrogen) atoms. The molecule has 23 heteroatoms. The fourth-order valence-electron chi connectivity index (χ4n) is 11.1. The third kappa shape index (κ3) is 18.8. The number of nitrogens with one attached hydrogen (secondary N) is 2. The van der Waals surface area contributed by atoms with Gasteiger partial charge in [0.15, 0.2) is 11.4 Å². The molecule has 14 rings (SSSR count). The molecule has 8 aromatic carbocycles. The van der Waals surface area contributed by atoms with Gasteiger partial charge in [0.2, 0.25) is 11.2 Å². The summed E-state index contributed by atoms with van der Waals surface area (Å²) in [5.74, 6) is 5.14. The van der Waals surface area contributed by atoms with Crippen LogP contribution in [0.4, 0.5) is 0 Å². The predicted octanol–water partition coefficient (Wildman–Crippen LogP) is 9.01. The van der Waals surface area contributed by atoms with Gasteiger partial charge in [-0.1, -0.05) is 224 Å². The molecule has 4 amide bonds. The van der Waals surface area contributed by atoms with Crippen LogP contribution in [0.2, 0.25) is 0 Å². The van der Waals surface area contributed by atoms with E-state index >= 15 is 0 Å². The number of likely N-dealkylation sites (tertiary alicyclic amines) is 2. The predicted molar refractivity (Wildman–Crippen MR) is 394 cm³/mol. The topological polar surface area (TPSA) is 228 Å². The number of amides is 4. The molecule has 0 radical (unpaired) electrons. The van der Waals surface area contributed by atoms with Gasteiger partial charge < -0.3 is 40.1 Å². The fourth-order valence-corrected chi connectivity index (χ4v) is 15.7. The standard InChI is InChI=1S/C21H20N4O5.2C18H15P.C14H13N3O3.C7H9NO2.2ClH.Pd/c1-3-30-19(27)16-15-12-22-18(26)17(15)25(23-16)14-6-4-5-13(11-14)7-8-21(29)9-10-24(2)20(21)28;2*1-4-10-16(11-5-1)19(17-12-6-2-7-13-17)18-14-8-3-9-15-18;1-2-20-14(19)11-10-8-15-13(18)12(10)17(16-11)9-6-4-3-5-7-9;1-3-7(10)4-5-8(2)6(7)9;;;/h4-6,11,29H,3,9-10,12H2,1-2H3,(H,22,26);2*1-15H;3-7H,2,8H2,1H3,(H,15,18);1,10H,4-5H2,2H3;2*1H;/q;;;;;;;+2/p-2/t21-;;;;7-;;;/m1...0.../s1. The van der Waals surface area contributed by atoms with Crippen molar-refractivity contribution in [2.45, 2.75) is 51.0 Å². The van der Waals surface area contributed by atoms with Crippen LogP contribution in [0.5, 0.6) is 0 Å². The molecule has 2 atom stereocenters. The minimum atomic E-state index is -1.70. The number of para-hydroxylation sites is 1. The summed E-state index contributed by atoms with van der Waals surface area (Å²) in [6.45, 7) is 5.38. The van der Waals surface area contributed by atoms with Crippen molar-refractivity contribution in [1.82, 2.24) is 40.0 Å². The van der Waals surface area contributed by atoms with Gasteiger partial charge in [-0.25, -0.2) is 19.0 Å². The van der Waals surface area contributed by atoms with Crippen molar-refractivity contribution in [1.29, 1.82) is 0 Å². The summed E-state index contributed by atoms with van der Waals surface area (Å²) in [7, 11) is 12.0. The number of rotatable bonds is 12. The second-order valence-electron chi connectivity index (χ2n) is 22.7. The number of terminal acetylenes is 1. The molecule has 4 N–H and O–H groups in total. The first kappa shape index (κ1) is 75.3. The summed E-state index contributed by atoms with van der Waals surface area (Å²) in [5.41, 5.74) is 0.616. The van der Waals surface area contributed by atoms with Crippen LogP contribution in [0, 0.1) is 24.2 Å². The Balaban J connectivity index is 0.000000150. The molecule has 0 bridgehead atoms. The molecule has 2 aromatic heterocycles. The van der Waals surface area contributed by atoms with Crippen molar-refractivity contribution in [3.05, 3.63) is 276 Å². The first-order chi connectivity index (χ1) is 49.0. The van der Waals surface area contributed by atoms with Gasteiger partial charge in [0.05, 0.1) is 24.6 Å². The number of ether oxygens (including phenoxy) is 2. The molecule has 4 aliphatic heterocycles. The summed E-state index contributed by atoms with van der Waals surface area (Å²) in [4.78, 5) is 74.4. The van der Waals surface area contributed by atoms with Gasteiger partial charge in [0.1, 0.15) is 11.4 Å². The molecule has 0 unspecified atom stereocenters. The zero-order valence-electron chi connectivity index (χ0n) is 55.6. The van der Waals surface area contributed by atoms with Crippen LogP contribution in [0.15, 0.2) is 237 Å². The van der Waals surface area contributed by atoms with E-state index < -0.39 is 44.9 Å². The van der Waals surface area contributed by atoms with E-state index in [-0.39, 0.29) is 76.9 Å². The van der Waals surface area contributed by atoms with Crippen molar-refractivity contribution >= 4 is 102 Å². The summed E-state index contributed by atoms with van der Waals surface area (Å²) < 4.78 is 12.9. The monoisotopic (exact) mass is 1520 g/mol. The largest absolute Gasteiger partial charge is 0.0622 e. The van der Waals surface area contributed by atoms with Crippen molar-refractivity contribution in [3.8, 4) is 35.6 Å². The molecular weight excluding hydrogens is 1450 g/mol. The first-order valence-corrected chi connectivity index (χ1v) is 38.7. The zero-order valence-corrected chi connectivity index (χ0v) is 60.4. The van der Waals surface area contributed by atoms with Crippen molar-refractivity contribution < 1.29 is 64.4 Å². The minimum absolute atomic E-state index is 0.0931. The molecule has 0 aliphatic carbocycles. The SMILES string of the molecule is C#C[C@]1(O)CCN(C)C1=O.CCOC(=O)c1nn(-c2cccc(C#C[C@@]3(O)CCN(C)C3=O)c2)c2c1CNC2=O.CCOC(=O)c1nn(-c2ccccc2)c2c1CNC2=O.[Cl][Pd][Cl].c1ccc(P(c2ccccc2)c2ccccc2)cc1.c1ccc(P(c2ccccc2)c2ccccc2)cc1. The van der Waals surface area contributed by atoms with E-state index in [1.54, 1.807) is 52.2 Å². The van der Waals surface area contributed by atoms with Gasteiger partial charge >= 0.3 is 46.9 Å². The van der Waals surface area contributed by atoms with Gasteiger partial charge in [0, 0.05) is 69.8 Å². The molecule has 518 valence electrons. The number of hydrogen-bond acceptors (Lipinski definition) is 12. The van der Waals surface area contributed by atoms with Gasteiger partial charge in [-0.05, 0) is 91.8 Å². The second kappa shape index (κ2) is 36.5. The van der Waals surface area contributed by atoms with Crippen LogP contribution >= 0.6 is 34.9 Å². The number of esters is 2. The number of carbonyl (C=O) groups is 6. The van der Waals surface area contributed by atoms with Crippen molar-refractivity contribution in [2.24, 2.45) is 0 Å². The zero-order chi connectivity index (χ0) is 71.9. The molecule has 0 spiro atoms. The Morgan fingerprint density at radius 3 is 1.14 bits per heavy atom. The van der Waals surface area contributed by atoms with E-state index in [0.717, 1.165) is 5.69 Å². The number of fused-ring (bicyclic) bond motifs is 2. The Labute approximate surface area is 605 Å². The number of benzene rings is 8. The number of likely N-dealkylation sites (N-methyl/N-ethyl adjacent to an activating group) is 2. The molecule has 18 nitrogen and oxygen atoms in total. The number of aliphatic hydroxyl groups is 2. The maximum absolute atomic E-state index is 12.3. The Morgan fingerprint density at radius 1 is 0.515 bits per heavy atom. The number of carbonyl (C=O) groups excluding carboxylic acids is 6. The summed E-state index contributed by atoms with van der Waals surface area (Å²) in [6.07, 6.45) is 5.56. The summed E-state index contributed by atoms with van der Waals surface area (Å²) >= 11 is -0.106. The van der Waals surface area contributed by atoms with Crippen LogP contribution in [0.1, 0.15) is 85.3 Å². The van der Waals surface area contributed by atoms with Gasteiger partial charge in [0.25, 0.3) is 23.6 Å². The first-order valence-electron chi connectivity index (χ1n) is 32.0. The van der Waals surface area contributed by atoms with E-state index in [1.165, 1.54) is 51.0 Å². The van der Waals surface area contributed by atoms with E-state index in [4.69, 9.17) is 35.0 Å². The molecular formula is C78H72Cl2N8O10P2Pd. The summed E-state index contributed by atoms with van der Waals surface area (Å²) in [6, 6.07) is 80.7. The fraction of sp³-hybridized carbons (Fsp3) is 0.179. The molecule has 2 saturated heterocycles. The Bertz CT molecular complexity index is 4280. The third-order valence-electron chi connectivity index (χ3n) is 16.0. The van der Waals surface area contributed by atoms with E-state index in [9.17, 15) is 39.0 Å². The van der Waals surface area contributed by atoms with Crippen LogP contribution < -0.4 is 42.5 Å². The number of aromatic nitrogens is 4. The molecule has 6 heterocycles. The van der Waals surface area contributed by atoms with Gasteiger partial charge in [-0.2, -0.15) is 10.2 Å². The van der Waals surface area contributed by atoms with E-state index in [0.29, 0.717) is 54.1 Å². The van der Waals surface area contributed by atoms with Crippen molar-refractivity contribution in [3.63, 3.8) is 0 Å². The molecule has 2 fully saturated rings. The number of halogens is 2. The Kier molecular flexibility index (Phi) is 27.2. The van der Waals surface area contributed by atoms with Gasteiger partial charge in [-0.15, -0.1) is 6.42 Å². The average molecular weight is 1520 g/mol. The van der Waals surface area contributed by atoms with E-state index in [2.05, 4.69) is 221 Å². The van der Waals surface area contributed by atoms with Crippen LogP contribution in [-0.4, -0.2) is 127 Å². The second-order valence-corrected chi connectivity index (χ2v) is 29.5. The molecule has 10 aromatic rings. The third-order valence-corrected chi connectivity index (χ3v) is 20.9. The van der Waals surface area contributed by atoms with Crippen LogP contribution in [0.3, 0.4) is 0 Å². The quantitative estimate of drug-likeness (QED) is 0.0389. The number of nitrogens with zero attached hydrogens (tertiary/aromatic N) is 6. The smallest absolute Gasteiger partial charge is 0.0134 e. The number of hydrogen-bond donors (Lipinski definition) is 4. The van der Waals surface area contributed by atoms with Crippen LogP contribution in [-0.2, 0) is 48.1 Å². The van der Waals surface area contributed by atoms with Crippen LogP contribution in [0.25, 0.3) is 11.4 Å². The summed E-state index contributed by atoms with van der Waals surface area (Å²) in [5, 5.41) is 42.1. The van der Waals surface area contributed by atoms with Gasteiger partial charge in [-0.3, -0.25) is 19.2 Å². The van der Waals surface area contributed by atoms with Crippen molar-refractivity contribution in [2.75, 3.05) is 40.4 Å². The average Bonchev–Trinajstić information content (AvgIpc) is 1.61. The maximum atomic E-state index is 12.3. The Hall–Kier alpha value is -9.86. The maximum Gasteiger partial charge on any atom is -0.0134 e.